The van der Waals surface area contributed by atoms with Crippen LogP contribution in [0.4, 0.5) is 17.3 Å². The van der Waals surface area contributed by atoms with Crippen molar-refractivity contribution in [1.29, 1.82) is 0 Å². The third-order valence-corrected chi connectivity index (χ3v) is 3.67. The molecule has 1 fully saturated rings. The van der Waals surface area contributed by atoms with Gasteiger partial charge in [-0.15, -0.1) is 0 Å². The highest BCUT2D eigenvalue weighted by molar-refractivity contribution is 5.88. The Morgan fingerprint density at radius 1 is 1.00 bits per heavy atom. The van der Waals surface area contributed by atoms with E-state index in [1.165, 1.54) is 12.6 Å². The summed E-state index contributed by atoms with van der Waals surface area (Å²) in [5, 5.41) is 2.78. The number of benzene rings is 1. The number of amides is 1. The maximum Gasteiger partial charge on any atom is 0.225 e. The van der Waals surface area contributed by atoms with Crippen LogP contribution >= 0.6 is 0 Å². The summed E-state index contributed by atoms with van der Waals surface area (Å²) in [6, 6.07) is 9.78. The molecule has 0 spiro atoms. The number of rotatable bonds is 3. The second kappa shape index (κ2) is 6.43. The first-order valence-corrected chi connectivity index (χ1v) is 7.37. The first-order chi connectivity index (χ1) is 10.7. The van der Waals surface area contributed by atoms with Crippen LogP contribution in [0, 0.1) is 0 Å². The molecule has 6 heteroatoms. The van der Waals surface area contributed by atoms with E-state index in [4.69, 9.17) is 0 Å². The van der Waals surface area contributed by atoms with Crippen LogP contribution in [0.5, 0.6) is 0 Å². The number of piperazine rings is 1. The monoisotopic (exact) mass is 297 g/mol. The number of hydrogen-bond acceptors (Lipinski definition) is 5. The van der Waals surface area contributed by atoms with Gasteiger partial charge in [0.25, 0.3) is 0 Å². The fourth-order valence-electron chi connectivity index (χ4n) is 2.58. The second-order valence-corrected chi connectivity index (χ2v) is 5.25. The van der Waals surface area contributed by atoms with Crippen LogP contribution in [-0.2, 0) is 4.79 Å². The van der Waals surface area contributed by atoms with E-state index in [2.05, 4.69) is 25.1 Å². The van der Waals surface area contributed by atoms with Gasteiger partial charge in [-0.3, -0.25) is 4.79 Å². The van der Waals surface area contributed by atoms with Crippen LogP contribution in [0.25, 0.3) is 0 Å². The average molecular weight is 297 g/mol. The lowest BCUT2D eigenvalue weighted by Gasteiger charge is -2.36. The molecule has 2 heterocycles. The Morgan fingerprint density at radius 2 is 1.59 bits per heavy atom. The molecule has 2 aromatic rings. The molecule has 0 atom stereocenters. The van der Waals surface area contributed by atoms with Crippen molar-refractivity contribution < 1.29 is 4.79 Å². The molecule has 1 N–H and O–H groups in total. The van der Waals surface area contributed by atoms with E-state index in [1.54, 1.807) is 12.4 Å². The van der Waals surface area contributed by atoms with Gasteiger partial charge in [0.15, 0.2) is 0 Å². The van der Waals surface area contributed by atoms with Crippen LogP contribution in [0.2, 0.25) is 0 Å². The van der Waals surface area contributed by atoms with Crippen LogP contribution in [0.1, 0.15) is 6.92 Å². The zero-order valence-electron chi connectivity index (χ0n) is 12.6. The van der Waals surface area contributed by atoms with E-state index in [-0.39, 0.29) is 5.91 Å². The van der Waals surface area contributed by atoms with Crippen LogP contribution in [-0.4, -0.2) is 42.1 Å². The third kappa shape index (κ3) is 3.33. The molecule has 6 nitrogen and oxygen atoms in total. The van der Waals surface area contributed by atoms with Gasteiger partial charge in [-0.05, 0) is 30.3 Å². The van der Waals surface area contributed by atoms with E-state index in [0.717, 1.165) is 37.8 Å². The summed E-state index contributed by atoms with van der Waals surface area (Å²) >= 11 is 0. The zero-order chi connectivity index (χ0) is 15.4. The fraction of sp³-hybridized carbons (Fsp3) is 0.312. The average Bonchev–Trinajstić information content (AvgIpc) is 2.56. The Morgan fingerprint density at radius 3 is 2.18 bits per heavy atom. The maximum absolute atomic E-state index is 11.0. The van der Waals surface area contributed by atoms with Crippen molar-refractivity contribution in [2.45, 2.75) is 6.92 Å². The molecule has 0 bridgehead atoms. The molecule has 1 aromatic heterocycles. The standard InChI is InChI=1S/C16H19N5O/c1-13(22)19-14-3-5-15(6-4-14)20-9-11-21(12-10-20)16-17-7-2-8-18-16/h2-8H,9-12H2,1H3,(H,19,22). The number of carbonyl (C=O) groups excluding carboxylic acids is 1. The number of anilines is 3. The van der Waals surface area contributed by atoms with E-state index in [1.807, 2.05) is 30.3 Å². The predicted molar refractivity (Wildman–Crippen MR) is 87.2 cm³/mol. The summed E-state index contributed by atoms with van der Waals surface area (Å²) in [5.74, 6) is 0.743. The van der Waals surface area contributed by atoms with Gasteiger partial charge in [0.2, 0.25) is 11.9 Å². The molecule has 1 saturated heterocycles. The van der Waals surface area contributed by atoms with Gasteiger partial charge in [-0.1, -0.05) is 0 Å². The van der Waals surface area contributed by atoms with Gasteiger partial charge < -0.3 is 15.1 Å². The molecule has 0 aliphatic carbocycles. The highest BCUT2D eigenvalue weighted by Crippen LogP contribution is 2.20. The van der Waals surface area contributed by atoms with Crippen molar-refractivity contribution in [2.75, 3.05) is 41.3 Å². The summed E-state index contributed by atoms with van der Waals surface area (Å²) in [6.45, 7) is 5.17. The lowest BCUT2D eigenvalue weighted by atomic mass is 10.2. The van der Waals surface area contributed by atoms with Crippen molar-refractivity contribution in [1.82, 2.24) is 9.97 Å². The summed E-state index contributed by atoms with van der Waals surface area (Å²) in [5.41, 5.74) is 2.00. The Hall–Kier alpha value is -2.63. The Balaban J connectivity index is 1.60. The lowest BCUT2D eigenvalue weighted by molar-refractivity contribution is -0.114. The van der Waals surface area contributed by atoms with E-state index < -0.39 is 0 Å². The first kappa shape index (κ1) is 14.3. The molecule has 1 aliphatic heterocycles. The smallest absolute Gasteiger partial charge is 0.225 e. The molecule has 3 rings (SSSR count). The quantitative estimate of drug-likeness (QED) is 0.935. The topological polar surface area (TPSA) is 61.4 Å². The molecule has 0 unspecified atom stereocenters. The number of hydrogen-bond donors (Lipinski definition) is 1. The number of carbonyl (C=O) groups is 1. The third-order valence-electron chi connectivity index (χ3n) is 3.67. The van der Waals surface area contributed by atoms with Crippen molar-refractivity contribution in [3.05, 3.63) is 42.7 Å². The number of nitrogens with zero attached hydrogens (tertiary/aromatic N) is 4. The Kier molecular flexibility index (Phi) is 4.18. The molecular formula is C16H19N5O. The summed E-state index contributed by atoms with van der Waals surface area (Å²) < 4.78 is 0. The van der Waals surface area contributed by atoms with Crippen molar-refractivity contribution in [3.63, 3.8) is 0 Å². The van der Waals surface area contributed by atoms with E-state index in [9.17, 15) is 4.79 Å². The number of aromatic nitrogens is 2. The SMILES string of the molecule is CC(=O)Nc1ccc(N2CCN(c3ncccn3)CC2)cc1. The molecule has 1 aromatic carbocycles. The first-order valence-electron chi connectivity index (χ1n) is 7.37. The Bertz CT molecular complexity index is 621. The van der Waals surface area contributed by atoms with Gasteiger partial charge in [0.05, 0.1) is 0 Å². The van der Waals surface area contributed by atoms with Crippen LogP contribution in [0.15, 0.2) is 42.7 Å². The molecule has 114 valence electrons. The zero-order valence-corrected chi connectivity index (χ0v) is 12.6. The Labute approximate surface area is 129 Å². The van der Waals surface area contributed by atoms with Crippen molar-refractivity contribution >= 4 is 23.2 Å². The summed E-state index contributed by atoms with van der Waals surface area (Å²) in [6.07, 6.45) is 3.55. The minimum atomic E-state index is -0.0516. The molecule has 1 amide bonds. The lowest BCUT2D eigenvalue weighted by Crippen LogP contribution is -2.47. The predicted octanol–water partition coefficient (Wildman–Crippen LogP) is 1.76. The molecule has 0 saturated carbocycles. The van der Waals surface area contributed by atoms with Gasteiger partial charge in [-0.2, -0.15) is 0 Å². The van der Waals surface area contributed by atoms with Gasteiger partial charge in [-0.25, -0.2) is 9.97 Å². The molecule has 1 aliphatic rings. The molecule has 0 radical (unpaired) electrons. The summed E-state index contributed by atoms with van der Waals surface area (Å²) in [4.78, 5) is 24.1. The minimum absolute atomic E-state index is 0.0516. The van der Waals surface area contributed by atoms with Gasteiger partial charge in [0.1, 0.15) is 0 Å². The second-order valence-electron chi connectivity index (χ2n) is 5.25. The van der Waals surface area contributed by atoms with E-state index in [0.29, 0.717) is 0 Å². The van der Waals surface area contributed by atoms with Gasteiger partial charge >= 0.3 is 0 Å². The van der Waals surface area contributed by atoms with E-state index >= 15 is 0 Å². The van der Waals surface area contributed by atoms with Gasteiger partial charge in [0, 0.05) is 56.9 Å². The van der Waals surface area contributed by atoms with Crippen molar-refractivity contribution in [3.8, 4) is 0 Å². The van der Waals surface area contributed by atoms with Crippen LogP contribution < -0.4 is 15.1 Å². The molecular weight excluding hydrogens is 278 g/mol. The number of nitrogens with one attached hydrogen (secondary N) is 1. The van der Waals surface area contributed by atoms with Crippen LogP contribution in [0.3, 0.4) is 0 Å². The summed E-state index contributed by atoms with van der Waals surface area (Å²) in [7, 11) is 0. The normalized spacial score (nSPS) is 14.8. The fourth-order valence-corrected chi connectivity index (χ4v) is 2.58. The molecule has 22 heavy (non-hydrogen) atoms. The largest absolute Gasteiger partial charge is 0.368 e. The highest BCUT2D eigenvalue weighted by atomic mass is 16.1. The van der Waals surface area contributed by atoms with Crippen molar-refractivity contribution in [2.24, 2.45) is 0 Å². The maximum atomic E-state index is 11.0. The highest BCUT2D eigenvalue weighted by Gasteiger charge is 2.18. The minimum Gasteiger partial charge on any atom is -0.368 e.